The number of carboxylic acid groups (broad SMARTS) is 1. The Kier molecular flexibility index (Phi) is 12.9. The molecule has 1 rings (SSSR count). The van der Waals surface area contributed by atoms with E-state index in [0.717, 1.165) is 32.4 Å². The molecule has 0 spiro atoms. The van der Waals surface area contributed by atoms with Crippen molar-refractivity contribution in [3.8, 4) is 0 Å². The number of nitrogens with one attached hydrogen (secondary N) is 5. The van der Waals surface area contributed by atoms with Gasteiger partial charge in [0.15, 0.2) is 0 Å². The van der Waals surface area contributed by atoms with E-state index in [9.17, 15) is 32.7 Å². The molecule has 1 aliphatic heterocycles. The van der Waals surface area contributed by atoms with E-state index in [1.165, 1.54) is 6.92 Å². The number of carboxylic acids is 1. The number of rotatable bonds is 15. The largest absolute Gasteiger partial charge is 0.480 e. The van der Waals surface area contributed by atoms with Gasteiger partial charge in [0, 0.05) is 13.0 Å². The summed E-state index contributed by atoms with van der Waals surface area (Å²) in [5.41, 5.74) is 0. The van der Waals surface area contributed by atoms with Crippen LogP contribution in [0.3, 0.4) is 0 Å². The Balaban J connectivity index is 2.33. The Labute approximate surface area is 195 Å². The zero-order chi connectivity index (χ0) is 24.9. The average Bonchev–Trinajstić information content (AvgIpc) is 2.77. The minimum absolute atomic E-state index is 0.210. The highest BCUT2D eigenvalue weighted by atomic mass is 32.2. The SMILES string of the molecule is CCCCS(=O)(=O)NC(CNC(=O)CNC(=O)C(C)NC(=O)CCC1CCNCC1)C(=O)O. The van der Waals surface area contributed by atoms with Gasteiger partial charge in [-0.05, 0) is 51.6 Å². The van der Waals surface area contributed by atoms with E-state index in [1.54, 1.807) is 6.92 Å². The molecular weight excluding hydrogens is 454 g/mol. The quantitative estimate of drug-likeness (QED) is 0.163. The van der Waals surface area contributed by atoms with Crippen LogP contribution in [0.15, 0.2) is 0 Å². The summed E-state index contributed by atoms with van der Waals surface area (Å²) in [6, 6.07) is -2.36. The third kappa shape index (κ3) is 12.5. The highest BCUT2D eigenvalue weighted by molar-refractivity contribution is 7.89. The van der Waals surface area contributed by atoms with Crippen LogP contribution in [0.25, 0.3) is 0 Å². The maximum absolute atomic E-state index is 12.1. The van der Waals surface area contributed by atoms with Crippen LogP contribution in [0.4, 0.5) is 0 Å². The molecule has 1 fully saturated rings. The van der Waals surface area contributed by atoms with Gasteiger partial charge in [-0.15, -0.1) is 0 Å². The van der Waals surface area contributed by atoms with Crippen LogP contribution >= 0.6 is 0 Å². The maximum atomic E-state index is 12.1. The summed E-state index contributed by atoms with van der Waals surface area (Å²) in [5, 5.41) is 19.7. The van der Waals surface area contributed by atoms with Crippen LogP contribution in [0.5, 0.6) is 0 Å². The van der Waals surface area contributed by atoms with E-state index >= 15 is 0 Å². The molecule has 3 amide bonds. The Morgan fingerprint density at radius 2 is 1.76 bits per heavy atom. The van der Waals surface area contributed by atoms with Crippen molar-refractivity contribution in [1.29, 1.82) is 0 Å². The van der Waals surface area contributed by atoms with Gasteiger partial charge < -0.3 is 26.4 Å². The van der Waals surface area contributed by atoms with Gasteiger partial charge in [0.05, 0.1) is 12.3 Å². The molecule has 0 aromatic heterocycles. The molecule has 190 valence electrons. The maximum Gasteiger partial charge on any atom is 0.323 e. The second-order valence-corrected chi connectivity index (χ2v) is 10.1. The summed E-state index contributed by atoms with van der Waals surface area (Å²) >= 11 is 0. The van der Waals surface area contributed by atoms with Crippen molar-refractivity contribution in [3.05, 3.63) is 0 Å². The molecular formula is C20H37N5O7S. The lowest BCUT2D eigenvalue weighted by Gasteiger charge is -2.22. The van der Waals surface area contributed by atoms with Crippen LogP contribution < -0.4 is 26.0 Å². The summed E-state index contributed by atoms with van der Waals surface area (Å²) in [7, 11) is -3.79. The fourth-order valence-corrected chi connectivity index (χ4v) is 4.68. The number of amides is 3. The predicted octanol–water partition coefficient (Wildman–Crippen LogP) is -1.32. The zero-order valence-electron chi connectivity index (χ0n) is 19.3. The minimum atomic E-state index is -3.79. The number of unbranched alkanes of at least 4 members (excludes halogenated alkanes) is 1. The molecule has 0 aromatic carbocycles. The van der Waals surface area contributed by atoms with Crippen LogP contribution in [-0.2, 0) is 29.2 Å². The molecule has 6 N–H and O–H groups in total. The topological polar surface area (TPSA) is 183 Å². The summed E-state index contributed by atoms with van der Waals surface area (Å²) < 4.78 is 25.8. The smallest absolute Gasteiger partial charge is 0.323 e. The minimum Gasteiger partial charge on any atom is -0.480 e. The first-order valence-corrected chi connectivity index (χ1v) is 13.0. The molecule has 13 heteroatoms. The highest BCUT2D eigenvalue weighted by Crippen LogP contribution is 2.17. The predicted molar refractivity (Wildman–Crippen MR) is 122 cm³/mol. The summed E-state index contributed by atoms with van der Waals surface area (Å²) in [5.74, 6) is -2.63. The highest BCUT2D eigenvalue weighted by Gasteiger charge is 2.24. The van der Waals surface area contributed by atoms with E-state index < -0.39 is 53.0 Å². The van der Waals surface area contributed by atoms with Gasteiger partial charge in [0.2, 0.25) is 27.7 Å². The van der Waals surface area contributed by atoms with Gasteiger partial charge in [0.25, 0.3) is 0 Å². The lowest BCUT2D eigenvalue weighted by molar-refractivity contribution is -0.139. The average molecular weight is 492 g/mol. The molecule has 33 heavy (non-hydrogen) atoms. The molecule has 0 aliphatic carbocycles. The summed E-state index contributed by atoms with van der Waals surface area (Å²) in [6.45, 7) is 4.29. The fraction of sp³-hybridized carbons (Fsp3) is 0.800. The number of piperidine rings is 1. The van der Waals surface area contributed by atoms with Gasteiger partial charge >= 0.3 is 5.97 Å². The van der Waals surface area contributed by atoms with E-state index in [0.29, 0.717) is 25.2 Å². The van der Waals surface area contributed by atoms with Crippen molar-refractivity contribution in [2.45, 2.75) is 64.5 Å². The molecule has 0 radical (unpaired) electrons. The van der Waals surface area contributed by atoms with Crippen LogP contribution in [-0.4, -0.2) is 81.2 Å². The number of carbonyl (C=O) groups excluding carboxylic acids is 3. The Morgan fingerprint density at radius 3 is 2.36 bits per heavy atom. The van der Waals surface area contributed by atoms with Crippen LogP contribution in [0.1, 0.15) is 52.4 Å². The number of sulfonamides is 1. The second-order valence-electron chi connectivity index (χ2n) is 8.22. The Bertz CT molecular complexity index is 769. The lowest BCUT2D eigenvalue weighted by Crippen LogP contribution is -2.51. The first-order chi connectivity index (χ1) is 15.5. The van der Waals surface area contributed by atoms with Gasteiger partial charge in [-0.25, -0.2) is 8.42 Å². The number of hydrogen-bond donors (Lipinski definition) is 6. The standard InChI is InChI=1S/C20H37N5O7S/c1-3-4-11-33(31,32)25-16(20(29)30)12-22-18(27)13-23-19(28)14(2)24-17(26)6-5-15-7-9-21-10-8-15/h14-16,21,25H,3-13H2,1-2H3,(H,22,27)(H,23,28)(H,24,26)(H,29,30). The van der Waals surface area contributed by atoms with E-state index in [2.05, 4.69) is 21.3 Å². The van der Waals surface area contributed by atoms with E-state index in [4.69, 9.17) is 0 Å². The number of carbonyl (C=O) groups is 4. The van der Waals surface area contributed by atoms with E-state index in [-0.39, 0.29) is 11.7 Å². The third-order valence-corrected chi connectivity index (χ3v) is 6.79. The molecule has 2 atom stereocenters. The number of hydrogen-bond acceptors (Lipinski definition) is 7. The van der Waals surface area contributed by atoms with Gasteiger partial charge in [-0.3, -0.25) is 19.2 Å². The first-order valence-electron chi connectivity index (χ1n) is 11.3. The molecule has 1 aliphatic rings. The molecule has 1 saturated heterocycles. The fourth-order valence-electron chi connectivity index (χ4n) is 3.27. The van der Waals surface area contributed by atoms with Gasteiger partial charge in [-0.2, -0.15) is 4.72 Å². The van der Waals surface area contributed by atoms with Crippen molar-refractivity contribution >= 4 is 33.7 Å². The third-order valence-electron chi connectivity index (χ3n) is 5.32. The Hall–Kier alpha value is -2.25. The monoisotopic (exact) mass is 491 g/mol. The molecule has 1 heterocycles. The molecule has 0 aromatic rings. The van der Waals surface area contributed by atoms with Crippen LogP contribution in [0.2, 0.25) is 0 Å². The summed E-state index contributed by atoms with van der Waals surface area (Å²) in [4.78, 5) is 47.4. The van der Waals surface area contributed by atoms with Crippen molar-refractivity contribution in [2.75, 3.05) is 31.9 Å². The van der Waals surface area contributed by atoms with Gasteiger partial charge in [0.1, 0.15) is 12.1 Å². The van der Waals surface area contributed by atoms with Crippen molar-refractivity contribution in [1.82, 2.24) is 26.0 Å². The second kappa shape index (κ2) is 14.8. The molecule has 0 saturated carbocycles. The lowest BCUT2D eigenvalue weighted by atomic mass is 9.93. The van der Waals surface area contributed by atoms with Crippen molar-refractivity contribution in [2.24, 2.45) is 5.92 Å². The van der Waals surface area contributed by atoms with Crippen molar-refractivity contribution in [3.63, 3.8) is 0 Å². The zero-order valence-corrected chi connectivity index (χ0v) is 20.1. The van der Waals surface area contributed by atoms with Gasteiger partial charge in [-0.1, -0.05) is 13.3 Å². The molecule has 0 bridgehead atoms. The Morgan fingerprint density at radius 1 is 1.09 bits per heavy atom. The summed E-state index contributed by atoms with van der Waals surface area (Å²) in [6.07, 6.45) is 4.16. The number of aliphatic carboxylic acids is 1. The van der Waals surface area contributed by atoms with E-state index in [1.807, 2.05) is 4.72 Å². The molecule has 2 unspecified atom stereocenters. The normalized spacial score (nSPS) is 16.4. The van der Waals surface area contributed by atoms with Crippen LogP contribution in [0, 0.1) is 5.92 Å². The first kappa shape index (κ1) is 28.8. The van der Waals surface area contributed by atoms with Crippen molar-refractivity contribution < 1.29 is 32.7 Å². The molecule has 12 nitrogen and oxygen atoms in total.